The topological polar surface area (TPSA) is 6.48 Å². The van der Waals surface area contributed by atoms with Gasteiger partial charge in [0.25, 0.3) is 0 Å². The SMILES string of the molecule is CC1(C)CCCc2cc3c(cc21)C(C)(C)c1cccc2c1N3c1cc(-c3ccccc3)cc3c1B2N(c1ccc(-c2ccccc2)cc1)c1cc(-c2ccccc2)ccc1-3. The first-order valence-electron chi connectivity index (χ1n) is 21.8. The van der Waals surface area contributed by atoms with Crippen LogP contribution in [0.3, 0.4) is 0 Å². The molecule has 0 saturated carbocycles. The average Bonchev–Trinajstić information content (AvgIpc) is 3.29. The quantitative estimate of drug-likeness (QED) is 0.165. The fraction of sp³-hybridized carbons (Fsp3) is 0.158. The average molecular weight is 771 g/mol. The third kappa shape index (κ3) is 5.14. The molecule has 0 amide bonds. The fourth-order valence-corrected chi connectivity index (χ4v) is 11.3. The standard InChI is InChI=1S/C57H47BN2/c1-56(2)31-15-22-42-34-52-49(36-48(42)56)57(3,4)47-23-14-24-50-55(47)59(52)53-35-43(39-20-12-7-13-21-39)32-46-45-30-27-41(38-18-10-6-11-19-38)33-51(45)60(58(50)54(46)53)44-28-25-40(26-29-44)37-16-8-5-9-17-37/h5-14,16-21,23-30,32-36H,15,22,31H2,1-4H3. The van der Waals surface area contributed by atoms with Gasteiger partial charge >= 0.3 is 6.85 Å². The van der Waals surface area contributed by atoms with Gasteiger partial charge in [0.2, 0.25) is 0 Å². The van der Waals surface area contributed by atoms with Crippen LogP contribution in [-0.4, -0.2) is 6.85 Å². The molecular weight excluding hydrogens is 723 g/mol. The second-order valence-corrected chi connectivity index (χ2v) is 18.6. The van der Waals surface area contributed by atoms with Gasteiger partial charge in [-0.25, -0.2) is 0 Å². The molecule has 1 aliphatic carbocycles. The lowest BCUT2D eigenvalue weighted by molar-refractivity contribution is 0.430. The highest BCUT2D eigenvalue weighted by atomic mass is 15.2. The van der Waals surface area contributed by atoms with Gasteiger partial charge in [0.15, 0.2) is 0 Å². The van der Waals surface area contributed by atoms with Gasteiger partial charge in [-0.15, -0.1) is 0 Å². The highest BCUT2D eigenvalue weighted by molar-refractivity contribution is 6.93. The zero-order valence-electron chi connectivity index (χ0n) is 34.8. The number of anilines is 5. The van der Waals surface area contributed by atoms with Gasteiger partial charge in [-0.3, -0.25) is 0 Å². The van der Waals surface area contributed by atoms with Crippen LogP contribution in [0.4, 0.5) is 28.4 Å². The molecule has 0 aromatic heterocycles. The zero-order chi connectivity index (χ0) is 40.3. The number of aryl methyl sites for hydroxylation is 1. The normalized spacial score (nSPS) is 16.0. The lowest BCUT2D eigenvalue weighted by Gasteiger charge is -2.51. The molecule has 0 radical (unpaired) electrons. The van der Waals surface area contributed by atoms with Crippen molar-refractivity contribution in [2.45, 2.75) is 57.8 Å². The number of hydrogen-bond donors (Lipinski definition) is 0. The summed E-state index contributed by atoms with van der Waals surface area (Å²) in [4.78, 5) is 5.35. The summed E-state index contributed by atoms with van der Waals surface area (Å²) < 4.78 is 0. The Morgan fingerprint density at radius 3 is 1.78 bits per heavy atom. The third-order valence-electron chi connectivity index (χ3n) is 14.3. The summed E-state index contributed by atoms with van der Waals surface area (Å²) in [5, 5.41) is 0. The van der Waals surface area contributed by atoms with Crippen LogP contribution in [0.25, 0.3) is 44.5 Å². The lowest BCUT2D eigenvalue weighted by atomic mass is 9.42. The molecule has 3 aliphatic heterocycles. The molecule has 0 bridgehead atoms. The van der Waals surface area contributed by atoms with Crippen LogP contribution in [0.1, 0.15) is 62.8 Å². The molecule has 3 heteroatoms. The van der Waals surface area contributed by atoms with Crippen LogP contribution in [0.5, 0.6) is 0 Å². The Kier molecular flexibility index (Phi) is 7.64. The van der Waals surface area contributed by atoms with Crippen LogP contribution in [0.15, 0.2) is 176 Å². The lowest BCUT2D eigenvalue weighted by Crippen LogP contribution is -2.62. The number of fused-ring (bicyclic) bond motifs is 7. The Morgan fingerprint density at radius 1 is 0.467 bits per heavy atom. The van der Waals surface area contributed by atoms with E-state index in [9.17, 15) is 0 Å². The van der Waals surface area contributed by atoms with Gasteiger partial charge in [0, 0.05) is 33.7 Å². The van der Waals surface area contributed by atoms with Crippen molar-refractivity contribution in [3.8, 4) is 44.5 Å². The van der Waals surface area contributed by atoms with E-state index >= 15 is 0 Å². The van der Waals surface area contributed by atoms with Crippen molar-refractivity contribution in [2.75, 3.05) is 9.71 Å². The fourth-order valence-electron chi connectivity index (χ4n) is 11.3. The summed E-state index contributed by atoms with van der Waals surface area (Å²) in [6, 6.07) is 66.4. The molecule has 0 N–H and O–H groups in total. The minimum atomic E-state index is -0.202. The second-order valence-electron chi connectivity index (χ2n) is 18.6. The molecule has 60 heavy (non-hydrogen) atoms. The summed E-state index contributed by atoms with van der Waals surface area (Å²) in [7, 11) is 0. The van der Waals surface area contributed by atoms with Gasteiger partial charge < -0.3 is 9.71 Å². The maximum Gasteiger partial charge on any atom is 0.333 e. The molecule has 0 fully saturated rings. The highest BCUT2D eigenvalue weighted by Gasteiger charge is 2.50. The molecule has 288 valence electrons. The first kappa shape index (κ1) is 35.4. The Balaban J connectivity index is 1.18. The molecule has 0 saturated heterocycles. The van der Waals surface area contributed by atoms with Crippen LogP contribution >= 0.6 is 0 Å². The second kappa shape index (κ2) is 13.0. The van der Waals surface area contributed by atoms with E-state index in [1.165, 1.54) is 119 Å². The van der Waals surface area contributed by atoms with E-state index in [-0.39, 0.29) is 17.7 Å². The Morgan fingerprint density at radius 2 is 1.08 bits per heavy atom. The predicted octanol–water partition coefficient (Wildman–Crippen LogP) is 13.6. The predicted molar refractivity (Wildman–Crippen MR) is 255 cm³/mol. The van der Waals surface area contributed by atoms with E-state index in [1.807, 2.05) is 0 Å². The van der Waals surface area contributed by atoms with Gasteiger partial charge in [-0.2, -0.15) is 0 Å². The molecule has 8 aromatic carbocycles. The Labute approximate surface area is 354 Å². The third-order valence-corrected chi connectivity index (χ3v) is 14.3. The number of rotatable bonds is 4. The van der Waals surface area contributed by atoms with Crippen molar-refractivity contribution in [1.29, 1.82) is 0 Å². The van der Waals surface area contributed by atoms with Gasteiger partial charge in [0.05, 0.1) is 5.69 Å². The van der Waals surface area contributed by atoms with Crippen molar-refractivity contribution >= 4 is 46.2 Å². The molecular formula is C57H47BN2. The van der Waals surface area contributed by atoms with Crippen molar-refractivity contribution in [1.82, 2.24) is 0 Å². The number of para-hydroxylation sites is 1. The van der Waals surface area contributed by atoms with Crippen molar-refractivity contribution < 1.29 is 0 Å². The van der Waals surface area contributed by atoms with Gasteiger partial charge in [-0.05, 0) is 133 Å². The molecule has 4 aliphatic rings. The van der Waals surface area contributed by atoms with Gasteiger partial charge in [0.1, 0.15) is 0 Å². The Hall–Kier alpha value is -6.58. The largest absolute Gasteiger partial charge is 0.376 e. The Bertz CT molecular complexity index is 3000. The highest BCUT2D eigenvalue weighted by Crippen LogP contribution is 2.57. The van der Waals surface area contributed by atoms with Crippen molar-refractivity contribution in [3.05, 3.63) is 198 Å². The first-order valence-corrected chi connectivity index (χ1v) is 21.8. The van der Waals surface area contributed by atoms with E-state index < -0.39 is 0 Å². The molecule has 8 aromatic rings. The minimum Gasteiger partial charge on any atom is -0.376 e. The van der Waals surface area contributed by atoms with E-state index in [0.717, 1.165) is 6.42 Å². The molecule has 2 nitrogen and oxygen atoms in total. The molecule has 3 heterocycles. The van der Waals surface area contributed by atoms with Crippen LogP contribution in [-0.2, 0) is 17.3 Å². The van der Waals surface area contributed by atoms with Crippen LogP contribution < -0.4 is 20.6 Å². The van der Waals surface area contributed by atoms with E-state index in [2.05, 4.69) is 213 Å². The van der Waals surface area contributed by atoms with Crippen LogP contribution in [0.2, 0.25) is 0 Å². The van der Waals surface area contributed by atoms with Gasteiger partial charge in [-0.1, -0.05) is 167 Å². The van der Waals surface area contributed by atoms with Crippen LogP contribution in [0, 0.1) is 0 Å². The monoisotopic (exact) mass is 770 g/mol. The summed E-state index contributed by atoms with van der Waals surface area (Å²) in [5.41, 5.74) is 24.9. The number of hydrogen-bond acceptors (Lipinski definition) is 2. The molecule has 0 spiro atoms. The zero-order valence-corrected chi connectivity index (χ0v) is 34.8. The summed E-state index contributed by atoms with van der Waals surface area (Å²) in [6.07, 6.45) is 3.58. The van der Waals surface area contributed by atoms with E-state index in [4.69, 9.17) is 0 Å². The van der Waals surface area contributed by atoms with Crippen molar-refractivity contribution in [2.24, 2.45) is 0 Å². The molecule has 0 atom stereocenters. The number of benzene rings is 8. The summed E-state index contributed by atoms with van der Waals surface area (Å²) in [6.45, 7) is 9.77. The molecule has 0 unspecified atom stereocenters. The molecule has 12 rings (SSSR count). The maximum atomic E-state index is 2.69. The summed E-state index contributed by atoms with van der Waals surface area (Å²) >= 11 is 0. The number of nitrogens with zero attached hydrogens (tertiary/aromatic N) is 2. The minimum absolute atomic E-state index is 0.0546. The smallest absolute Gasteiger partial charge is 0.333 e. The maximum absolute atomic E-state index is 2.69. The van der Waals surface area contributed by atoms with E-state index in [1.54, 1.807) is 0 Å². The van der Waals surface area contributed by atoms with E-state index in [0.29, 0.717) is 0 Å². The first-order chi connectivity index (χ1) is 29.3. The van der Waals surface area contributed by atoms with Crippen molar-refractivity contribution in [3.63, 3.8) is 0 Å². The summed E-state index contributed by atoms with van der Waals surface area (Å²) in [5.74, 6) is 0.